The van der Waals surface area contributed by atoms with Gasteiger partial charge in [0.1, 0.15) is 0 Å². The van der Waals surface area contributed by atoms with E-state index in [1.807, 2.05) is 5.57 Å². The van der Waals surface area contributed by atoms with Gasteiger partial charge in [-0.15, -0.1) is 0 Å². The SMILES string of the molecule is CC(C)CCCC(C)C1CCC2C3=C(CCC21C)C1(C)CCC(O)C(CO)C1CC3. The van der Waals surface area contributed by atoms with Gasteiger partial charge in [-0.1, -0.05) is 65.0 Å². The van der Waals surface area contributed by atoms with Gasteiger partial charge in [-0.25, -0.2) is 0 Å². The molecule has 0 aromatic rings. The predicted octanol–water partition coefficient (Wildman–Crippen LogP) is 6.75. The minimum Gasteiger partial charge on any atom is -0.396 e. The van der Waals surface area contributed by atoms with Crippen LogP contribution in [0.4, 0.5) is 0 Å². The second-order valence-corrected chi connectivity index (χ2v) is 12.6. The van der Waals surface area contributed by atoms with Crippen molar-refractivity contribution in [2.75, 3.05) is 6.61 Å². The largest absolute Gasteiger partial charge is 0.396 e. The van der Waals surface area contributed by atoms with Gasteiger partial charge in [-0.3, -0.25) is 0 Å². The van der Waals surface area contributed by atoms with Crippen molar-refractivity contribution in [3.8, 4) is 0 Å². The van der Waals surface area contributed by atoms with Crippen LogP contribution in [0.2, 0.25) is 0 Å². The third kappa shape index (κ3) is 3.62. The van der Waals surface area contributed by atoms with Crippen molar-refractivity contribution in [3.05, 3.63) is 11.1 Å². The Balaban J connectivity index is 1.55. The number of hydrogen-bond donors (Lipinski definition) is 2. The van der Waals surface area contributed by atoms with Gasteiger partial charge < -0.3 is 10.2 Å². The molecule has 172 valence electrons. The molecule has 8 atom stereocenters. The Labute approximate surface area is 185 Å². The molecule has 0 aromatic heterocycles. The van der Waals surface area contributed by atoms with E-state index in [9.17, 15) is 10.2 Å². The van der Waals surface area contributed by atoms with Crippen molar-refractivity contribution in [2.24, 2.45) is 46.3 Å². The number of rotatable bonds is 6. The Morgan fingerprint density at radius 1 is 0.967 bits per heavy atom. The first-order valence-corrected chi connectivity index (χ1v) is 13.2. The molecule has 0 aliphatic heterocycles. The monoisotopic (exact) mass is 416 g/mol. The van der Waals surface area contributed by atoms with Crippen LogP contribution in [-0.2, 0) is 0 Å². The van der Waals surface area contributed by atoms with Crippen molar-refractivity contribution in [1.82, 2.24) is 0 Å². The van der Waals surface area contributed by atoms with Gasteiger partial charge in [0, 0.05) is 12.5 Å². The van der Waals surface area contributed by atoms with Crippen molar-refractivity contribution >= 4 is 0 Å². The zero-order valence-corrected chi connectivity index (χ0v) is 20.4. The lowest BCUT2D eigenvalue weighted by atomic mass is 9.48. The normalized spacial score (nSPS) is 44.6. The fourth-order valence-corrected chi connectivity index (χ4v) is 8.98. The smallest absolute Gasteiger partial charge is 0.0593 e. The first-order chi connectivity index (χ1) is 14.2. The molecule has 2 saturated carbocycles. The van der Waals surface area contributed by atoms with Crippen LogP contribution in [-0.4, -0.2) is 22.9 Å². The summed E-state index contributed by atoms with van der Waals surface area (Å²) in [6, 6.07) is 0. The van der Waals surface area contributed by atoms with Gasteiger partial charge in [0.05, 0.1) is 6.10 Å². The van der Waals surface area contributed by atoms with E-state index in [1.165, 1.54) is 57.8 Å². The van der Waals surface area contributed by atoms with Gasteiger partial charge in [0.2, 0.25) is 0 Å². The molecule has 0 radical (unpaired) electrons. The van der Waals surface area contributed by atoms with Crippen molar-refractivity contribution in [2.45, 2.75) is 111 Å². The van der Waals surface area contributed by atoms with E-state index in [0.717, 1.165) is 36.5 Å². The highest BCUT2D eigenvalue weighted by Crippen LogP contribution is 2.66. The molecule has 0 saturated heterocycles. The molecule has 2 N–H and O–H groups in total. The molecule has 0 aromatic carbocycles. The molecular weight excluding hydrogens is 368 g/mol. The standard InChI is InChI=1S/C28H48O2/c1-18(2)7-6-8-19(3)22-11-12-23-20-9-10-24-21(17-29)26(30)14-16-28(24,5)25(20)13-15-27(22,23)4/h18-19,21-24,26,29-30H,6-17H2,1-5H3. The highest BCUT2D eigenvalue weighted by Gasteiger charge is 2.57. The van der Waals surface area contributed by atoms with Crippen LogP contribution >= 0.6 is 0 Å². The van der Waals surface area contributed by atoms with Crippen LogP contribution < -0.4 is 0 Å². The van der Waals surface area contributed by atoms with E-state index in [1.54, 1.807) is 5.57 Å². The van der Waals surface area contributed by atoms with Crippen LogP contribution in [0.25, 0.3) is 0 Å². The van der Waals surface area contributed by atoms with Gasteiger partial charge in [-0.05, 0) is 91.8 Å². The zero-order chi connectivity index (χ0) is 21.7. The summed E-state index contributed by atoms with van der Waals surface area (Å²) in [4.78, 5) is 0. The van der Waals surface area contributed by atoms with Crippen LogP contribution in [0.1, 0.15) is 105 Å². The second kappa shape index (κ2) is 8.54. The van der Waals surface area contributed by atoms with E-state index in [0.29, 0.717) is 11.3 Å². The molecule has 0 spiro atoms. The summed E-state index contributed by atoms with van der Waals surface area (Å²) in [5, 5.41) is 20.6. The predicted molar refractivity (Wildman–Crippen MR) is 125 cm³/mol. The fraction of sp³-hybridized carbons (Fsp3) is 0.929. The third-order valence-electron chi connectivity index (χ3n) is 10.7. The number of hydrogen-bond acceptors (Lipinski definition) is 2. The zero-order valence-electron chi connectivity index (χ0n) is 20.4. The molecule has 0 heterocycles. The highest BCUT2D eigenvalue weighted by molar-refractivity contribution is 5.34. The van der Waals surface area contributed by atoms with Crippen molar-refractivity contribution in [3.63, 3.8) is 0 Å². The van der Waals surface area contributed by atoms with E-state index >= 15 is 0 Å². The number of aliphatic hydroxyl groups excluding tert-OH is 2. The average Bonchev–Trinajstić information content (AvgIpc) is 3.05. The molecule has 2 heteroatoms. The summed E-state index contributed by atoms with van der Waals surface area (Å²) in [5.74, 6) is 3.95. The molecule has 0 amide bonds. The maximum absolute atomic E-state index is 10.5. The van der Waals surface area contributed by atoms with Crippen molar-refractivity contribution < 1.29 is 10.2 Å². The van der Waals surface area contributed by atoms with Gasteiger partial charge in [-0.2, -0.15) is 0 Å². The summed E-state index contributed by atoms with van der Waals surface area (Å²) in [6.07, 6.45) is 13.8. The molecule has 4 aliphatic carbocycles. The Morgan fingerprint density at radius 2 is 1.73 bits per heavy atom. The summed E-state index contributed by atoms with van der Waals surface area (Å²) >= 11 is 0. The molecular formula is C28H48O2. The van der Waals surface area contributed by atoms with Crippen LogP contribution in [0, 0.1) is 46.3 Å². The van der Waals surface area contributed by atoms with Crippen LogP contribution in [0.15, 0.2) is 11.1 Å². The highest BCUT2D eigenvalue weighted by atomic mass is 16.3. The van der Waals surface area contributed by atoms with E-state index in [-0.39, 0.29) is 24.0 Å². The Hall–Kier alpha value is -0.340. The van der Waals surface area contributed by atoms with Gasteiger partial charge >= 0.3 is 0 Å². The Kier molecular flexibility index (Phi) is 6.50. The number of fused-ring (bicyclic) bond motifs is 4. The minimum absolute atomic E-state index is 0.0865. The number of aliphatic hydroxyl groups is 2. The average molecular weight is 417 g/mol. The van der Waals surface area contributed by atoms with Gasteiger partial charge in [0.15, 0.2) is 0 Å². The van der Waals surface area contributed by atoms with Crippen molar-refractivity contribution in [1.29, 1.82) is 0 Å². The van der Waals surface area contributed by atoms with E-state index < -0.39 is 0 Å². The summed E-state index contributed by atoms with van der Waals surface area (Å²) in [6.45, 7) is 12.6. The quantitative estimate of drug-likeness (QED) is 0.470. The van der Waals surface area contributed by atoms with E-state index in [2.05, 4.69) is 34.6 Å². The Bertz CT molecular complexity index is 651. The summed E-state index contributed by atoms with van der Waals surface area (Å²) < 4.78 is 0. The Morgan fingerprint density at radius 3 is 2.43 bits per heavy atom. The lowest BCUT2D eigenvalue weighted by Crippen LogP contribution is -2.50. The molecule has 0 bridgehead atoms. The summed E-state index contributed by atoms with van der Waals surface area (Å²) in [7, 11) is 0. The molecule has 8 unspecified atom stereocenters. The third-order valence-corrected chi connectivity index (χ3v) is 10.7. The second-order valence-electron chi connectivity index (χ2n) is 12.6. The van der Waals surface area contributed by atoms with Crippen LogP contribution in [0.5, 0.6) is 0 Å². The molecule has 4 aliphatic rings. The number of allylic oxidation sites excluding steroid dienone is 2. The van der Waals surface area contributed by atoms with Crippen LogP contribution in [0.3, 0.4) is 0 Å². The lowest BCUT2D eigenvalue weighted by molar-refractivity contribution is -0.0619. The lowest BCUT2D eigenvalue weighted by Gasteiger charge is -2.57. The molecule has 30 heavy (non-hydrogen) atoms. The maximum Gasteiger partial charge on any atom is 0.0593 e. The first kappa shape index (κ1) is 22.8. The molecule has 4 rings (SSSR count). The first-order valence-electron chi connectivity index (χ1n) is 13.2. The maximum atomic E-state index is 10.5. The topological polar surface area (TPSA) is 40.5 Å². The minimum atomic E-state index is -0.299. The molecule has 2 fully saturated rings. The molecule has 2 nitrogen and oxygen atoms in total. The van der Waals surface area contributed by atoms with E-state index in [4.69, 9.17) is 0 Å². The van der Waals surface area contributed by atoms with Gasteiger partial charge in [0.25, 0.3) is 0 Å². The fourth-order valence-electron chi connectivity index (χ4n) is 8.98. The summed E-state index contributed by atoms with van der Waals surface area (Å²) in [5.41, 5.74) is 4.35.